The minimum absolute atomic E-state index is 0.0829. The molecule has 0 atom stereocenters. The number of amides is 1. The van der Waals surface area contributed by atoms with E-state index < -0.39 is 12.0 Å². The summed E-state index contributed by atoms with van der Waals surface area (Å²) in [4.78, 5) is 21.5. The summed E-state index contributed by atoms with van der Waals surface area (Å²) in [6.07, 6.45) is 1.33. The molecule has 0 fully saturated rings. The van der Waals surface area contributed by atoms with Crippen LogP contribution in [0.4, 0.5) is 15.1 Å². The molecule has 8 heteroatoms. The molecule has 92 valence electrons. The number of carboxylic acid groups (broad SMARTS) is 1. The number of rotatable bonds is 2. The summed E-state index contributed by atoms with van der Waals surface area (Å²) in [6.45, 7) is 0. The molecule has 18 heavy (non-hydrogen) atoms. The van der Waals surface area contributed by atoms with Crippen LogP contribution in [0.25, 0.3) is 11.3 Å². The van der Waals surface area contributed by atoms with Crippen molar-refractivity contribution < 1.29 is 14.3 Å². The van der Waals surface area contributed by atoms with Gasteiger partial charge in [-0.25, -0.2) is 19.7 Å². The number of nitrogens with zero attached hydrogens (tertiary/aromatic N) is 3. The lowest BCUT2D eigenvalue weighted by molar-refractivity contribution is 0.209. The fourth-order valence-electron chi connectivity index (χ4n) is 1.24. The van der Waals surface area contributed by atoms with E-state index in [9.17, 15) is 9.18 Å². The Morgan fingerprint density at radius 1 is 1.44 bits per heavy atom. The minimum atomic E-state index is -1.28. The quantitative estimate of drug-likeness (QED) is 0.817. The number of aromatic nitrogens is 3. The van der Waals surface area contributed by atoms with Gasteiger partial charge in [-0.3, -0.25) is 5.32 Å². The molecular formula is C10H6ClFN4O2. The average Bonchev–Trinajstić information content (AvgIpc) is 2.32. The van der Waals surface area contributed by atoms with E-state index in [0.29, 0.717) is 11.3 Å². The van der Waals surface area contributed by atoms with Crippen LogP contribution in [-0.2, 0) is 0 Å². The lowest BCUT2D eigenvalue weighted by atomic mass is 10.2. The number of carbonyl (C=O) groups is 1. The van der Waals surface area contributed by atoms with Crippen molar-refractivity contribution in [2.45, 2.75) is 0 Å². The molecule has 2 aromatic heterocycles. The van der Waals surface area contributed by atoms with Gasteiger partial charge in [-0.1, -0.05) is 11.6 Å². The van der Waals surface area contributed by atoms with Crippen LogP contribution in [0, 0.1) is 5.95 Å². The maximum Gasteiger partial charge on any atom is 0.411 e. The molecule has 2 heterocycles. The van der Waals surface area contributed by atoms with Crippen LogP contribution in [0.3, 0.4) is 0 Å². The second-order valence-corrected chi connectivity index (χ2v) is 3.60. The zero-order chi connectivity index (χ0) is 13.1. The van der Waals surface area contributed by atoms with Gasteiger partial charge in [0.25, 0.3) is 0 Å². The molecule has 0 aliphatic rings. The van der Waals surface area contributed by atoms with Gasteiger partial charge in [0.1, 0.15) is 0 Å². The largest absolute Gasteiger partial charge is 0.465 e. The highest BCUT2D eigenvalue weighted by Crippen LogP contribution is 2.21. The highest BCUT2D eigenvalue weighted by Gasteiger charge is 2.08. The van der Waals surface area contributed by atoms with Crippen molar-refractivity contribution in [2.75, 3.05) is 5.32 Å². The van der Waals surface area contributed by atoms with Gasteiger partial charge in [-0.05, 0) is 12.1 Å². The Hall–Kier alpha value is -2.28. The molecule has 6 nitrogen and oxygen atoms in total. The van der Waals surface area contributed by atoms with Crippen molar-refractivity contribution in [2.24, 2.45) is 0 Å². The van der Waals surface area contributed by atoms with Gasteiger partial charge in [0.2, 0.25) is 11.9 Å². The summed E-state index contributed by atoms with van der Waals surface area (Å²) < 4.78 is 12.9. The SMILES string of the molecule is O=C(O)Nc1nccc(-c2cnc(F)c(Cl)c2)n1. The number of pyridine rings is 1. The van der Waals surface area contributed by atoms with Crippen molar-refractivity contribution in [3.8, 4) is 11.3 Å². The maximum atomic E-state index is 12.9. The number of nitrogens with one attached hydrogen (secondary N) is 1. The fraction of sp³-hybridized carbons (Fsp3) is 0. The maximum absolute atomic E-state index is 12.9. The van der Waals surface area contributed by atoms with Crippen molar-refractivity contribution in [3.05, 3.63) is 35.5 Å². The van der Waals surface area contributed by atoms with E-state index in [4.69, 9.17) is 16.7 Å². The Kier molecular flexibility index (Phi) is 3.33. The average molecular weight is 269 g/mol. The first kappa shape index (κ1) is 12.2. The molecule has 1 amide bonds. The number of hydrogen-bond acceptors (Lipinski definition) is 4. The topological polar surface area (TPSA) is 88.0 Å². The molecule has 0 radical (unpaired) electrons. The van der Waals surface area contributed by atoms with Gasteiger partial charge in [0.05, 0.1) is 10.7 Å². The first-order valence-electron chi connectivity index (χ1n) is 4.70. The second kappa shape index (κ2) is 4.92. The molecule has 0 unspecified atom stereocenters. The smallest absolute Gasteiger partial charge is 0.411 e. The molecule has 0 aromatic carbocycles. The first-order valence-corrected chi connectivity index (χ1v) is 5.08. The first-order chi connectivity index (χ1) is 8.56. The molecule has 2 rings (SSSR count). The number of hydrogen-bond donors (Lipinski definition) is 2. The van der Waals surface area contributed by atoms with Gasteiger partial charge >= 0.3 is 6.09 Å². The second-order valence-electron chi connectivity index (χ2n) is 3.19. The fourth-order valence-corrected chi connectivity index (χ4v) is 1.40. The van der Waals surface area contributed by atoms with Crippen molar-refractivity contribution in [1.82, 2.24) is 15.0 Å². The van der Waals surface area contributed by atoms with Gasteiger partial charge in [0.15, 0.2) is 0 Å². The van der Waals surface area contributed by atoms with Crippen LogP contribution >= 0.6 is 11.6 Å². The summed E-state index contributed by atoms with van der Waals surface area (Å²) >= 11 is 5.60. The third-order valence-corrected chi connectivity index (χ3v) is 2.23. The molecular weight excluding hydrogens is 263 g/mol. The van der Waals surface area contributed by atoms with Crippen LogP contribution in [0.2, 0.25) is 5.02 Å². The third kappa shape index (κ3) is 2.69. The van der Waals surface area contributed by atoms with Gasteiger partial charge < -0.3 is 5.11 Å². The van der Waals surface area contributed by atoms with Gasteiger partial charge in [0, 0.05) is 18.0 Å². The Morgan fingerprint density at radius 3 is 2.89 bits per heavy atom. The molecule has 0 spiro atoms. The summed E-state index contributed by atoms with van der Waals surface area (Å²) in [5.41, 5.74) is 0.834. The van der Waals surface area contributed by atoms with Crippen LogP contribution in [0.5, 0.6) is 0 Å². The number of anilines is 1. The summed E-state index contributed by atoms with van der Waals surface area (Å²) in [7, 11) is 0. The molecule has 0 aliphatic heterocycles. The monoisotopic (exact) mass is 268 g/mol. The van der Waals surface area contributed by atoms with E-state index in [1.165, 1.54) is 24.5 Å². The van der Waals surface area contributed by atoms with E-state index >= 15 is 0 Å². The normalized spacial score (nSPS) is 10.1. The van der Waals surface area contributed by atoms with Crippen LogP contribution < -0.4 is 5.32 Å². The van der Waals surface area contributed by atoms with E-state index in [2.05, 4.69) is 15.0 Å². The Balaban J connectivity index is 2.38. The van der Waals surface area contributed by atoms with Crippen LogP contribution in [-0.4, -0.2) is 26.2 Å². The molecule has 0 saturated heterocycles. The van der Waals surface area contributed by atoms with E-state index in [0.717, 1.165) is 0 Å². The Bertz CT molecular complexity index is 608. The highest BCUT2D eigenvalue weighted by molar-refractivity contribution is 6.30. The molecule has 0 saturated carbocycles. The predicted octanol–water partition coefficient (Wildman–Crippen LogP) is 2.42. The lowest BCUT2D eigenvalue weighted by Gasteiger charge is -2.03. The summed E-state index contributed by atoms with van der Waals surface area (Å²) in [5, 5.41) is 10.4. The van der Waals surface area contributed by atoms with E-state index in [-0.39, 0.29) is 11.0 Å². The number of halogens is 2. The van der Waals surface area contributed by atoms with Crippen LogP contribution in [0.1, 0.15) is 0 Å². The molecule has 0 bridgehead atoms. The summed E-state index contributed by atoms with van der Waals surface area (Å²) in [6, 6.07) is 2.87. The highest BCUT2D eigenvalue weighted by atomic mass is 35.5. The van der Waals surface area contributed by atoms with E-state index in [1.54, 1.807) is 0 Å². The van der Waals surface area contributed by atoms with Crippen molar-refractivity contribution in [3.63, 3.8) is 0 Å². The van der Waals surface area contributed by atoms with Crippen LogP contribution in [0.15, 0.2) is 24.5 Å². The van der Waals surface area contributed by atoms with Crippen molar-refractivity contribution >= 4 is 23.6 Å². The zero-order valence-corrected chi connectivity index (χ0v) is 9.52. The standard InChI is InChI=1S/C10H6ClFN4O2/c11-6-3-5(4-14-8(6)12)7-1-2-13-9(15-7)16-10(17)18/h1-4H,(H,17,18)(H,13,15,16). The Labute approximate surface area is 105 Å². The zero-order valence-electron chi connectivity index (χ0n) is 8.76. The van der Waals surface area contributed by atoms with Gasteiger partial charge in [-0.2, -0.15) is 4.39 Å². The van der Waals surface area contributed by atoms with Gasteiger partial charge in [-0.15, -0.1) is 0 Å². The van der Waals surface area contributed by atoms with E-state index in [1.807, 2.05) is 5.32 Å². The van der Waals surface area contributed by atoms with Crippen molar-refractivity contribution in [1.29, 1.82) is 0 Å². The molecule has 2 N–H and O–H groups in total. The predicted molar refractivity (Wildman–Crippen MR) is 61.9 cm³/mol. The minimum Gasteiger partial charge on any atom is -0.465 e. The third-order valence-electron chi connectivity index (χ3n) is 1.97. The summed E-state index contributed by atoms with van der Waals surface area (Å²) in [5.74, 6) is -0.862. The molecule has 0 aliphatic carbocycles. The lowest BCUT2D eigenvalue weighted by Crippen LogP contribution is -2.10. The Morgan fingerprint density at radius 2 is 2.22 bits per heavy atom. The molecule has 2 aromatic rings.